The fourth-order valence-corrected chi connectivity index (χ4v) is 3.62. The Balaban J connectivity index is 1.86. The topological polar surface area (TPSA) is 66.0 Å². The molecule has 2 rings (SSSR count). The molecule has 0 unspecified atom stereocenters. The summed E-state index contributed by atoms with van der Waals surface area (Å²) in [4.78, 5) is 18.6. The molecule has 1 saturated carbocycles. The first-order chi connectivity index (χ1) is 12.5. The van der Waals surface area contributed by atoms with Crippen LogP contribution in [0.2, 0.25) is 0 Å². The minimum atomic E-state index is -0.298. The predicted octanol–water partition coefficient (Wildman–Crippen LogP) is 2.05. The second kappa shape index (κ2) is 9.46. The molecule has 0 heterocycles. The van der Waals surface area contributed by atoms with E-state index in [1.165, 1.54) is 5.56 Å². The van der Waals surface area contributed by atoms with E-state index in [1.54, 1.807) is 19.1 Å². The van der Waals surface area contributed by atoms with Crippen LogP contribution in [0.3, 0.4) is 0 Å². The number of hydrogen-bond acceptors (Lipinski definition) is 3. The molecule has 2 N–H and O–H groups in total. The standard InChI is InChI=1S/C20H32N4O2/c1-21-19(22-13-10-16-8-7-9-17(14-16)26-4)23-15-20(11-5-6-12-20)18(25)24(2)3/h7-9,14H,5-6,10-13,15H2,1-4H3,(H2,21,22,23). The van der Waals surface area contributed by atoms with Crippen molar-refractivity contribution in [2.75, 3.05) is 41.3 Å². The van der Waals surface area contributed by atoms with Crippen molar-refractivity contribution in [3.8, 4) is 5.75 Å². The lowest BCUT2D eigenvalue weighted by molar-refractivity contribution is -0.138. The van der Waals surface area contributed by atoms with Gasteiger partial charge >= 0.3 is 0 Å². The molecule has 0 radical (unpaired) electrons. The summed E-state index contributed by atoms with van der Waals surface area (Å²) >= 11 is 0. The summed E-state index contributed by atoms with van der Waals surface area (Å²) in [6.45, 7) is 1.39. The van der Waals surface area contributed by atoms with Crippen molar-refractivity contribution in [3.05, 3.63) is 29.8 Å². The van der Waals surface area contributed by atoms with Crippen LogP contribution in [0.1, 0.15) is 31.2 Å². The summed E-state index contributed by atoms with van der Waals surface area (Å²) in [5, 5.41) is 6.70. The van der Waals surface area contributed by atoms with Crippen LogP contribution in [-0.2, 0) is 11.2 Å². The Hall–Kier alpha value is -2.24. The van der Waals surface area contributed by atoms with E-state index in [-0.39, 0.29) is 11.3 Å². The zero-order valence-corrected chi connectivity index (χ0v) is 16.5. The van der Waals surface area contributed by atoms with Crippen molar-refractivity contribution < 1.29 is 9.53 Å². The summed E-state index contributed by atoms with van der Waals surface area (Å²) in [6.07, 6.45) is 4.99. The molecule has 6 nitrogen and oxygen atoms in total. The number of benzene rings is 1. The Bertz CT molecular complexity index is 622. The molecule has 0 aliphatic heterocycles. The van der Waals surface area contributed by atoms with Gasteiger partial charge in [-0.3, -0.25) is 9.79 Å². The van der Waals surface area contributed by atoms with Crippen LogP contribution in [0.25, 0.3) is 0 Å². The van der Waals surface area contributed by atoms with Gasteiger partial charge in [0.15, 0.2) is 5.96 Å². The van der Waals surface area contributed by atoms with Crippen molar-refractivity contribution in [3.63, 3.8) is 0 Å². The molecule has 144 valence electrons. The fourth-order valence-electron chi connectivity index (χ4n) is 3.62. The molecular weight excluding hydrogens is 328 g/mol. The summed E-state index contributed by atoms with van der Waals surface area (Å²) in [5.74, 6) is 1.83. The van der Waals surface area contributed by atoms with E-state index in [1.807, 2.05) is 32.3 Å². The normalized spacial score (nSPS) is 16.2. The SMILES string of the molecule is CN=C(NCCc1cccc(OC)c1)NCC1(C(=O)N(C)C)CCCC1. The molecule has 0 aromatic heterocycles. The van der Waals surface area contributed by atoms with Crippen molar-refractivity contribution in [2.45, 2.75) is 32.1 Å². The first-order valence-electron chi connectivity index (χ1n) is 9.30. The van der Waals surface area contributed by atoms with Gasteiger partial charge in [-0.15, -0.1) is 0 Å². The molecule has 1 amide bonds. The number of methoxy groups -OCH3 is 1. The number of ether oxygens (including phenoxy) is 1. The maximum atomic E-state index is 12.6. The van der Waals surface area contributed by atoms with E-state index in [0.717, 1.165) is 50.4 Å². The summed E-state index contributed by atoms with van der Waals surface area (Å²) < 4.78 is 5.26. The molecule has 26 heavy (non-hydrogen) atoms. The number of amides is 1. The van der Waals surface area contributed by atoms with Gasteiger partial charge in [-0.05, 0) is 37.0 Å². The average molecular weight is 361 g/mol. The molecule has 0 saturated heterocycles. The van der Waals surface area contributed by atoms with Crippen LogP contribution in [0.5, 0.6) is 5.75 Å². The van der Waals surface area contributed by atoms with Crippen LogP contribution in [0, 0.1) is 5.41 Å². The molecule has 1 aliphatic carbocycles. The number of rotatable bonds is 7. The Kier molecular flexibility index (Phi) is 7.30. The minimum Gasteiger partial charge on any atom is -0.497 e. The highest BCUT2D eigenvalue weighted by Crippen LogP contribution is 2.38. The highest BCUT2D eigenvalue weighted by atomic mass is 16.5. The van der Waals surface area contributed by atoms with E-state index in [9.17, 15) is 4.79 Å². The monoisotopic (exact) mass is 360 g/mol. The van der Waals surface area contributed by atoms with E-state index >= 15 is 0 Å². The molecule has 0 spiro atoms. The maximum absolute atomic E-state index is 12.6. The lowest BCUT2D eigenvalue weighted by Gasteiger charge is -2.31. The summed E-state index contributed by atoms with van der Waals surface area (Å²) in [7, 11) is 7.11. The predicted molar refractivity (Wildman–Crippen MR) is 106 cm³/mol. The number of nitrogens with zero attached hydrogens (tertiary/aromatic N) is 2. The van der Waals surface area contributed by atoms with Crippen LogP contribution < -0.4 is 15.4 Å². The van der Waals surface area contributed by atoms with E-state index in [0.29, 0.717) is 6.54 Å². The van der Waals surface area contributed by atoms with Gasteiger partial charge in [0.25, 0.3) is 0 Å². The van der Waals surface area contributed by atoms with Gasteiger partial charge in [-0.2, -0.15) is 0 Å². The number of hydrogen-bond donors (Lipinski definition) is 2. The lowest BCUT2D eigenvalue weighted by atomic mass is 9.84. The van der Waals surface area contributed by atoms with Gasteiger partial charge < -0.3 is 20.3 Å². The zero-order valence-electron chi connectivity index (χ0n) is 16.5. The third-order valence-corrected chi connectivity index (χ3v) is 5.08. The first-order valence-corrected chi connectivity index (χ1v) is 9.30. The van der Waals surface area contributed by atoms with Crippen molar-refractivity contribution >= 4 is 11.9 Å². The van der Waals surface area contributed by atoms with Gasteiger partial charge in [-0.25, -0.2) is 0 Å². The van der Waals surface area contributed by atoms with Gasteiger partial charge in [0.05, 0.1) is 12.5 Å². The molecular formula is C20H32N4O2. The van der Waals surface area contributed by atoms with Crippen LogP contribution in [-0.4, -0.2) is 58.1 Å². The largest absolute Gasteiger partial charge is 0.497 e. The van der Waals surface area contributed by atoms with Crippen LogP contribution >= 0.6 is 0 Å². The number of carbonyl (C=O) groups excluding carboxylic acids is 1. The Morgan fingerprint density at radius 3 is 2.62 bits per heavy atom. The molecule has 1 aromatic carbocycles. The van der Waals surface area contributed by atoms with Crippen LogP contribution in [0.15, 0.2) is 29.3 Å². The fraction of sp³-hybridized carbons (Fsp3) is 0.600. The van der Waals surface area contributed by atoms with E-state index in [4.69, 9.17) is 4.74 Å². The Labute approximate surface area is 157 Å². The van der Waals surface area contributed by atoms with Gasteiger partial charge in [0.1, 0.15) is 5.75 Å². The molecule has 1 aliphatic rings. The Morgan fingerprint density at radius 1 is 1.27 bits per heavy atom. The highest BCUT2D eigenvalue weighted by molar-refractivity contribution is 5.85. The van der Waals surface area contributed by atoms with Gasteiger partial charge in [0, 0.05) is 34.2 Å². The minimum absolute atomic E-state index is 0.217. The van der Waals surface area contributed by atoms with Gasteiger partial charge in [0.2, 0.25) is 5.91 Å². The Morgan fingerprint density at radius 2 is 2.00 bits per heavy atom. The number of guanidine groups is 1. The lowest BCUT2D eigenvalue weighted by Crippen LogP contribution is -2.49. The second-order valence-electron chi connectivity index (χ2n) is 7.14. The highest BCUT2D eigenvalue weighted by Gasteiger charge is 2.42. The zero-order chi connectivity index (χ0) is 19.0. The van der Waals surface area contributed by atoms with Crippen molar-refractivity contribution in [1.29, 1.82) is 0 Å². The van der Waals surface area contributed by atoms with E-state index < -0.39 is 0 Å². The third kappa shape index (κ3) is 5.13. The third-order valence-electron chi connectivity index (χ3n) is 5.08. The molecule has 0 bridgehead atoms. The number of carbonyl (C=O) groups is 1. The number of aliphatic imine (C=N–C) groups is 1. The van der Waals surface area contributed by atoms with Crippen molar-refractivity contribution in [2.24, 2.45) is 10.4 Å². The van der Waals surface area contributed by atoms with Gasteiger partial charge in [-0.1, -0.05) is 25.0 Å². The summed E-state index contributed by atoms with van der Waals surface area (Å²) in [5.41, 5.74) is 0.913. The smallest absolute Gasteiger partial charge is 0.230 e. The molecule has 0 atom stereocenters. The second-order valence-corrected chi connectivity index (χ2v) is 7.14. The molecule has 1 fully saturated rings. The molecule has 6 heteroatoms. The summed E-state index contributed by atoms with van der Waals surface area (Å²) in [6, 6.07) is 8.07. The number of nitrogens with one attached hydrogen (secondary N) is 2. The van der Waals surface area contributed by atoms with E-state index in [2.05, 4.69) is 21.7 Å². The van der Waals surface area contributed by atoms with Crippen molar-refractivity contribution in [1.82, 2.24) is 15.5 Å². The first kappa shape index (κ1) is 20.1. The molecule has 1 aromatic rings. The average Bonchev–Trinajstić information content (AvgIpc) is 3.14. The quantitative estimate of drug-likeness (QED) is 0.577. The maximum Gasteiger partial charge on any atom is 0.230 e. The van der Waals surface area contributed by atoms with Crippen LogP contribution in [0.4, 0.5) is 0 Å².